The molecule has 0 aliphatic carbocycles. The number of anilines is 1. The van der Waals surface area contributed by atoms with Crippen LogP contribution in [0.5, 0.6) is 11.5 Å². The Labute approximate surface area is 219 Å². The summed E-state index contributed by atoms with van der Waals surface area (Å²) in [5.74, 6) is 1.77. The van der Waals surface area contributed by atoms with Crippen LogP contribution in [-0.4, -0.2) is 22.5 Å². The van der Waals surface area contributed by atoms with Gasteiger partial charge < -0.3 is 15.0 Å². The summed E-state index contributed by atoms with van der Waals surface area (Å²) in [5.41, 5.74) is 3.23. The Hall–Kier alpha value is -3.74. The third-order valence-electron chi connectivity index (χ3n) is 5.78. The van der Waals surface area contributed by atoms with Crippen LogP contribution in [0.25, 0.3) is 0 Å². The predicted molar refractivity (Wildman–Crippen MR) is 145 cm³/mol. The second-order valence-electron chi connectivity index (χ2n) is 8.33. The van der Waals surface area contributed by atoms with Crippen molar-refractivity contribution in [3.8, 4) is 11.5 Å². The molecule has 0 saturated carbocycles. The van der Waals surface area contributed by atoms with Gasteiger partial charge in [-0.15, -0.1) is 11.8 Å². The molecule has 1 aliphatic heterocycles. The maximum absolute atomic E-state index is 12.8. The third-order valence-corrected chi connectivity index (χ3v) is 7.29. The molecule has 0 bridgehead atoms. The average molecular weight is 515 g/mol. The number of amides is 2. The lowest BCUT2D eigenvalue weighted by Crippen LogP contribution is -2.27. The van der Waals surface area contributed by atoms with Crippen LogP contribution < -0.4 is 10.1 Å². The molecule has 5 rings (SSSR count). The standard InChI is InChI=1S/C29H23ClN2O3S/c30-23-12-6-20(7-13-23)18-32-27(33)19-36-29(32)22-10-8-21(9-11-22)28(34)31-24-14-16-26(17-15-24)35-25-4-2-1-3-5-25/h1-17,29H,18-19H2,(H,31,34)/t29-/m1/s1. The van der Waals surface area contributed by atoms with Crippen LogP contribution in [0, 0.1) is 0 Å². The van der Waals surface area contributed by atoms with E-state index in [1.54, 1.807) is 36.0 Å². The van der Waals surface area contributed by atoms with Crippen molar-refractivity contribution in [2.24, 2.45) is 0 Å². The molecule has 4 aromatic carbocycles. The van der Waals surface area contributed by atoms with E-state index in [-0.39, 0.29) is 17.2 Å². The SMILES string of the molecule is O=C(Nc1ccc(Oc2ccccc2)cc1)c1ccc([C@H]2SCC(=O)N2Cc2ccc(Cl)cc2)cc1. The second-order valence-corrected chi connectivity index (χ2v) is 9.83. The minimum absolute atomic E-state index is 0.0950. The zero-order valence-electron chi connectivity index (χ0n) is 19.3. The van der Waals surface area contributed by atoms with Crippen molar-refractivity contribution in [3.63, 3.8) is 0 Å². The van der Waals surface area contributed by atoms with Crippen molar-refractivity contribution >= 4 is 40.9 Å². The number of benzene rings is 4. The molecule has 0 aromatic heterocycles. The van der Waals surface area contributed by atoms with Crippen molar-refractivity contribution in [1.82, 2.24) is 4.90 Å². The number of nitrogens with one attached hydrogen (secondary N) is 1. The van der Waals surface area contributed by atoms with Crippen molar-refractivity contribution in [2.75, 3.05) is 11.1 Å². The van der Waals surface area contributed by atoms with Crippen LogP contribution in [-0.2, 0) is 11.3 Å². The fraction of sp³-hybridized carbons (Fsp3) is 0.103. The minimum atomic E-state index is -0.202. The van der Waals surface area contributed by atoms with Gasteiger partial charge in [0.05, 0.1) is 5.75 Å². The van der Waals surface area contributed by atoms with Gasteiger partial charge in [-0.25, -0.2) is 0 Å². The van der Waals surface area contributed by atoms with Gasteiger partial charge >= 0.3 is 0 Å². The maximum atomic E-state index is 12.8. The van der Waals surface area contributed by atoms with Gasteiger partial charge in [-0.1, -0.05) is 54.1 Å². The van der Waals surface area contributed by atoms with E-state index in [1.807, 2.05) is 83.8 Å². The molecule has 1 saturated heterocycles. The average Bonchev–Trinajstić information content (AvgIpc) is 3.27. The zero-order valence-corrected chi connectivity index (χ0v) is 20.8. The zero-order chi connectivity index (χ0) is 24.9. The Morgan fingerprint density at radius 3 is 2.25 bits per heavy atom. The first kappa shape index (κ1) is 24.0. The molecule has 1 atom stereocenters. The molecule has 7 heteroatoms. The smallest absolute Gasteiger partial charge is 0.255 e. The number of hydrogen-bond donors (Lipinski definition) is 1. The van der Waals surface area contributed by atoms with Crippen LogP contribution in [0.4, 0.5) is 5.69 Å². The fourth-order valence-corrected chi connectivity index (χ4v) is 5.23. The first-order valence-electron chi connectivity index (χ1n) is 11.4. The number of rotatable bonds is 7. The van der Waals surface area contributed by atoms with Gasteiger partial charge in [0, 0.05) is 22.8 Å². The van der Waals surface area contributed by atoms with E-state index in [9.17, 15) is 9.59 Å². The Kier molecular flexibility index (Phi) is 7.26. The van der Waals surface area contributed by atoms with Crippen molar-refractivity contribution in [1.29, 1.82) is 0 Å². The molecular weight excluding hydrogens is 492 g/mol. The van der Waals surface area contributed by atoms with Gasteiger partial charge in [0.25, 0.3) is 5.91 Å². The van der Waals surface area contributed by atoms with Crippen LogP contribution in [0.3, 0.4) is 0 Å². The summed E-state index contributed by atoms with van der Waals surface area (Å²) in [7, 11) is 0. The number of ether oxygens (including phenoxy) is 1. The topological polar surface area (TPSA) is 58.6 Å². The molecule has 2 amide bonds. The van der Waals surface area contributed by atoms with Crippen LogP contribution in [0.2, 0.25) is 5.02 Å². The molecule has 0 spiro atoms. The van der Waals surface area contributed by atoms with Gasteiger partial charge in [0.15, 0.2) is 0 Å². The van der Waals surface area contributed by atoms with E-state index in [1.165, 1.54) is 0 Å². The fourth-order valence-electron chi connectivity index (χ4n) is 3.92. The monoisotopic (exact) mass is 514 g/mol. The predicted octanol–water partition coefficient (Wildman–Crippen LogP) is 7.16. The van der Waals surface area contributed by atoms with Crippen LogP contribution in [0.15, 0.2) is 103 Å². The number of nitrogens with zero attached hydrogens (tertiary/aromatic N) is 1. The van der Waals surface area contributed by atoms with Crippen molar-refractivity contribution in [3.05, 3.63) is 125 Å². The molecular formula is C29H23ClN2O3S. The summed E-state index contributed by atoms with van der Waals surface area (Å²) in [4.78, 5) is 27.2. The maximum Gasteiger partial charge on any atom is 0.255 e. The number of carbonyl (C=O) groups is 2. The summed E-state index contributed by atoms with van der Waals surface area (Å²) < 4.78 is 5.80. The molecule has 0 unspecified atom stereocenters. The highest BCUT2D eigenvalue weighted by molar-refractivity contribution is 8.00. The number of halogens is 1. The second kappa shape index (κ2) is 10.9. The number of carbonyl (C=O) groups excluding carboxylic acids is 2. The van der Waals surface area contributed by atoms with Crippen LogP contribution >= 0.6 is 23.4 Å². The number of hydrogen-bond acceptors (Lipinski definition) is 4. The van der Waals surface area contributed by atoms with E-state index in [0.29, 0.717) is 34.3 Å². The summed E-state index contributed by atoms with van der Waals surface area (Å²) >= 11 is 7.58. The van der Waals surface area contributed by atoms with E-state index < -0.39 is 0 Å². The molecule has 36 heavy (non-hydrogen) atoms. The first-order valence-corrected chi connectivity index (χ1v) is 12.9. The summed E-state index contributed by atoms with van der Waals surface area (Å²) in [5, 5.41) is 3.49. The molecule has 1 N–H and O–H groups in total. The van der Waals surface area contributed by atoms with Gasteiger partial charge in [0.1, 0.15) is 16.9 Å². The normalized spacial score (nSPS) is 15.1. The van der Waals surface area contributed by atoms with Crippen molar-refractivity contribution in [2.45, 2.75) is 11.9 Å². The van der Waals surface area contributed by atoms with Crippen molar-refractivity contribution < 1.29 is 14.3 Å². The lowest BCUT2D eigenvalue weighted by atomic mass is 10.1. The molecule has 5 nitrogen and oxygen atoms in total. The highest BCUT2D eigenvalue weighted by Crippen LogP contribution is 2.39. The van der Waals surface area contributed by atoms with Gasteiger partial charge in [0.2, 0.25) is 5.91 Å². The largest absolute Gasteiger partial charge is 0.457 e. The Morgan fingerprint density at radius 1 is 0.889 bits per heavy atom. The van der Waals surface area contributed by atoms with Gasteiger partial charge in [-0.05, 0) is 71.8 Å². The lowest BCUT2D eigenvalue weighted by Gasteiger charge is -2.24. The molecule has 1 fully saturated rings. The highest BCUT2D eigenvalue weighted by atomic mass is 35.5. The van der Waals surface area contributed by atoms with E-state index in [4.69, 9.17) is 16.3 Å². The Morgan fingerprint density at radius 2 is 1.56 bits per heavy atom. The summed E-state index contributed by atoms with van der Waals surface area (Å²) in [6, 6.07) is 31.7. The number of thioether (sulfide) groups is 1. The number of para-hydroxylation sites is 1. The highest BCUT2D eigenvalue weighted by Gasteiger charge is 2.32. The molecule has 180 valence electrons. The van der Waals surface area contributed by atoms with E-state index in [0.717, 1.165) is 16.9 Å². The first-order chi connectivity index (χ1) is 17.5. The summed E-state index contributed by atoms with van der Waals surface area (Å²) in [6.45, 7) is 0.514. The molecule has 0 radical (unpaired) electrons. The van der Waals surface area contributed by atoms with Gasteiger partial charge in [-0.2, -0.15) is 0 Å². The van der Waals surface area contributed by atoms with E-state index in [2.05, 4.69) is 5.32 Å². The van der Waals surface area contributed by atoms with Crippen LogP contribution in [0.1, 0.15) is 26.9 Å². The lowest BCUT2D eigenvalue weighted by molar-refractivity contribution is -0.128. The molecule has 1 aliphatic rings. The van der Waals surface area contributed by atoms with E-state index >= 15 is 0 Å². The third kappa shape index (κ3) is 5.73. The molecule has 4 aromatic rings. The van der Waals surface area contributed by atoms with Gasteiger partial charge in [-0.3, -0.25) is 9.59 Å². The quantitative estimate of drug-likeness (QED) is 0.284. The Balaban J connectivity index is 1.22. The Bertz CT molecular complexity index is 1340. The molecule has 1 heterocycles. The summed E-state index contributed by atoms with van der Waals surface area (Å²) in [6.07, 6.45) is 0. The minimum Gasteiger partial charge on any atom is -0.457 e.